The average molecular weight is 463 g/mol. The maximum atomic E-state index is 12.1. The van der Waals surface area contributed by atoms with Crippen molar-refractivity contribution in [2.45, 2.75) is 32.8 Å². The summed E-state index contributed by atoms with van der Waals surface area (Å²) in [5.74, 6) is 0.0383. The van der Waals surface area contributed by atoms with Gasteiger partial charge in [0, 0.05) is 11.1 Å². The minimum absolute atomic E-state index is 0.0165. The van der Waals surface area contributed by atoms with Crippen molar-refractivity contribution >= 4 is 27.9 Å². The third-order valence-electron chi connectivity index (χ3n) is 4.51. The first-order valence-electron chi connectivity index (χ1n) is 9.41. The van der Waals surface area contributed by atoms with E-state index in [1.807, 2.05) is 26.0 Å². The summed E-state index contributed by atoms with van der Waals surface area (Å²) in [5.41, 5.74) is 2.24. The van der Waals surface area contributed by atoms with Crippen LogP contribution in [0.5, 0.6) is 11.5 Å². The fourth-order valence-corrected chi connectivity index (χ4v) is 3.79. The Labute approximate surface area is 178 Å². The van der Waals surface area contributed by atoms with E-state index in [2.05, 4.69) is 15.9 Å². The van der Waals surface area contributed by atoms with Crippen LogP contribution < -0.4 is 9.47 Å². The molecular formula is C22H23BrO6. The van der Waals surface area contributed by atoms with Crippen LogP contribution in [0, 0.1) is 13.8 Å². The molecule has 0 N–H and O–H groups in total. The predicted octanol–water partition coefficient (Wildman–Crippen LogP) is 4.39. The molecule has 0 aliphatic carbocycles. The number of carbonyl (C=O) groups is 2. The lowest BCUT2D eigenvalue weighted by Crippen LogP contribution is -2.19. The highest BCUT2D eigenvalue weighted by molar-refractivity contribution is 9.10. The van der Waals surface area contributed by atoms with Gasteiger partial charge in [-0.3, -0.25) is 0 Å². The highest BCUT2D eigenvalue weighted by atomic mass is 79.9. The third-order valence-corrected chi connectivity index (χ3v) is 4.96. The second-order valence-corrected chi connectivity index (χ2v) is 7.80. The predicted molar refractivity (Wildman–Crippen MR) is 110 cm³/mol. The summed E-state index contributed by atoms with van der Waals surface area (Å²) in [4.78, 5) is 24.2. The summed E-state index contributed by atoms with van der Waals surface area (Å²) in [7, 11) is 0. The standard InChI is InChI=1S/C22H23BrO6/c1-14-10-17(23)11-15(2)21(14)27-13-20(24)29-18-7-5-16(6-8-18)22(25)28-12-19-4-3-9-26-19/h5-8,10-11,19H,3-4,9,12-13H2,1-2H3. The number of aryl methyl sites for hydroxylation is 2. The largest absolute Gasteiger partial charge is 0.481 e. The molecule has 0 radical (unpaired) electrons. The van der Waals surface area contributed by atoms with Crippen molar-refractivity contribution in [3.63, 3.8) is 0 Å². The van der Waals surface area contributed by atoms with Crippen molar-refractivity contribution in [2.75, 3.05) is 19.8 Å². The van der Waals surface area contributed by atoms with Gasteiger partial charge in [0.25, 0.3) is 0 Å². The van der Waals surface area contributed by atoms with Crippen LogP contribution in [0.3, 0.4) is 0 Å². The van der Waals surface area contributed by atoms with Gasteiger partial charge in [-0.05, 0) is 74.2 Å². The molecular weight excluding hydrogens is 440 g/mol. The number of carbonyl (C=O) groups excluding carboxylic acids is 2. The molecule has 0 amide bonds. The van der Waals surface area contributed by atoms with Crippen LogP contribution in [0.1, 0.15) is 34.3 Å². The molecule has 1 unspecified atom stereocenters. The van der Waals surface area contributed by atoms with E-state index in [-0.39, 0.29) is 19.3 Å². The molecule has 1 aliphatic rings. The highest BCUT2D eigenvalue weighted by Crippen LogP contribution is 2.27. The Hall–Kier alpha value is -2.38. The fraction of sp³-hybridized carbons (Fsp3) is 0.364. The Balaban J connectivity index is 1.48. The number of rotatable bonds is 7. The number of esters is 2. The SMILES string of the molecule is Cc1cc(Br)cc(C)c1OCC(=O)Oc1ccc(C(=O)OCC2CCCO2)cc1. The van der Waals surface area contributed by atoms with E-state index in [9.17, 15) is 9.59 Å². The Morgan fingerprint density at radius 1 is 1.14 bits per heavy atom. The normalized spacial score (nSPS) is 15.8. The highest BCUT2D eigenvalue weighted by Gasteiger charge is 2.18. The van der Waals surface area contributed by atoms with Crippen LogP contribution in [0.4, 0.5) is 0 Å². The maximum absolute atomic E-state index is 12.1. The Morgan fingerprint density at radius 3 is 2.45 bits per heavy atom. The van der Waals surface area contributed by atoms with Crippen LogP contribution in [0.25, 0.3) is 0 Å². The van der Waals surface area contributed by atoms with Crippen molar-refractivity contribution in [1.82, 2.24) is 0 Å². The van der Waals surface area contributed by atoms with E-state index >= 15 is 0 Å². The zero-order valence-corrected chi connectivity index (χ0v) is 18.0. The molecule has 7 heteroatoms. The van der Waals surface area contributed by atoms with Gasteiger partial charge in [0.15, 0.2) is 6.61 Å². The van der Waals surface area contributed by atoms with Gasteiger partial charge in [0.1, 0.15) is 18.1 Å². The second-order valence-electron chi connectivity index (χ2n) is 6.89. The van der Waals surface area contributed by atoms with E-state index in [1.54, 1.807) is 24.3 Å². The number of ether oxygens (including phenoxy) is 4. The molecule has 1 saturated heterocycles. The minimum Gasteiger partial charge on any atom is -0.481 e. The first-order valence-corrected chi connectivity index (χ1v) is 10.2. The van der Waals surface area contributed by atoms with Crippen LogP contribution in [-0.2, 0) is 14.3 Å². The zero-order valence-electron chi connectivity index (χ0n) is 16.4. The molecule has 0 spiro atoms. The lowest BCUT2D eigenvalue weighted by atomic mass is 10.1. The summed E-state index contributed by atoms with van der Waals surface area (Å²) >= 11 is 3.43. The molecule has 29 heavy (non-hydrogen) atoms. The molecule has 2 aromatic rings. The monoisotopic (exact) mass is 462 g/mol. The van der Waals surface area contributed by atoms with Gasteiger partial charge in [-0.1, -0.05) is 15.9 Å². The van der Waals surface area contributed by atoms with Gasteiger partial charge in [-0.2, -0.15) is 0 Å². The zero-order chi connectivity index (χ0) is 20.8. The van der Waals surface area contributed by atoms with Gasteiger partial charge in [0.2, 0.25) is 0 Å². The van der Waals surface area contributed by atoms with Crippen LogP contribution in [-0.4, -0.2) is 37.9 Å². The Morgan fingerprint density at radius 2 is 1.83 bits per heavy atom. The molecule has 1 heterocycles. The summed E-state index contributed by atoms with van der Waals surface area (Å²) in [6.45, 7) is 4.58. The maximum Gasteiger partial charge on any atom is 0.349 e. The molecule has 0 bridgehead atoms. The lowest BCUT2D eigenvalue weighted by molar-refractivity contribution is -0.136. The third kappa shape index (κ3) is 6.05. The first-order chi connectivity index (χ1) is 13.9. The van der Waals surface area contributed by atoms with E-state index in [0.717, 1.165) is 28.4 Å². The molecule has 1 fully saturated rings. The van der Waals surface area contributed by atoms with Crippen LogP contribution in [0.2, 0.25) is 0 Å². The molecule has 0 aromatic heterocycles. The van der Waals surface area contributed by atoms with Crippen molar-refractivity contribution < 1.29 is 28.5 Å². The van der Waals surface area contributed by atoms with Gasteiger partial charge in [-0.15, -0.1) is 0 Å². The van der Waals surface area contributed by atoms with Crippen molar-refractivity contribution in [3.8, 4) is 11.5 Å². The molecule has 2 aromatic carbocycles. The number of halogens is 1. The van der Waals surface area contributed by atoms with Crippen molar-refractivity contribution in [2.24, 2.45) is 0 Å². The summed E-state index contributed by atoms with van der Waals surface area (Å²) in [6.07, 6.45) is 1.88. The Bertz CT molecular complexity index is 848. The van der Waals surface area contributed by atoms with Gasteiger partial charge in [-0.25, -0.2) is 9.59 Å². The van der Waals surface area contributed by atoms with Crippen molar-refractivity contribution in [3.05, 3.63) is 57.6 Å². The second kappa shape index (κ2) is 9.89. The quantitative estimate of drug-likeness (QED) is 0.448. The number of benzene rings is 2. The topological polar surface area (TPSA) is 71.1 Å². The Kier molecular flexibility index (Phi) is 7.28. The molecule has 1 atom stereocenters. The number of hydrogen-bond acceptors (Lipinski definition) is 6. The van der Waals surface area contributed by atoms with Crippen LogP contribution in [0.15, 0.2) is 40.9 Å². The van der Waals surface area contributed by atoms with E-state index < -0.39 is 11.9 Å². The van der Waals surface area contributed by atoms with Crippen molar-refractivity contribution in [1.29, 1.82) is 0 Å². The van der Waals surface area contributed by atoms with Gasteiger partial charge in [0.05, 0.1) is 11.7 Å². The first kappa shape index (κ1) is 21.3. The molecule has 6 nitrogen and oxygen atoms in total. The van der Waals surface area contributed by atoms with E-state index in [1.165, 1.54) is 0 Å². The smallest absolute Gasteiger partial charge is 0.349 e. The average Bonchev–Trinajstić information content (AvgIpc) is 3.19. The van der Waals surface area contributed by atoms with Crippen LogP contribution >= 0.6 is 15.9 Å². The minimum atomic E-state index is -0.527. The summed E-state index contributed by atoms with van der Waals surface area (Å²) in [6, 6.07) is 10.1. The van der Waals surface area contributed by atoms with Gasteiger partial charge >= 0.3 is 11.9 Å². The lowest BCUT2D eigenvalue weighted by Gasteiger charge is -2.12. The molecule has 3 rings (SSSR count). The van der Waals surface area contributed by atoms with Gasteiger partial charge < -0.3 is 18.9 Å². The molecule has 0 saturated carbocycles. The molecule has 1 aliphatic heterocycles. The fourth-order valence-electron chi connectivity index (χ4n) is 3.10. The number of hydrogen-bond donors (Lipinski definition) is 0. The molecule has 154 valence electrons. The summed E-state index contributed by atoms with van der Waals surface area (Å²) in [5, 5.41) is 0. The summed E-state index contributed by atoms with van der Waals surface area (Å²) < 4.78 is 22.5. The van der Waals surface area contributed by atoms with E-state index in [0.29, 0.717) is 23.7 Å². The van der Waals surface area contributed by atoms with E-state index in [4.69, 9.17) is 18.9 Å².